The second-order valence-corrected chi connectivity index (χ2v) is 7.15. The van der Waals surface area contributed by atoms with Crippen molar-refractivity contribution < 1.29 is 24.2 Å². The first kappa shape index (κ1) is 19.4. The van der Waals surface area contributed by atoms with E-state index in [9.17, 15) is 14.7 Å². The highest BCUT2D eigenvalue weighted by atomic mass is 35.5. The Bertz CT molecular complexity index is 653. The molecular weight excluding hydrogens is 346 g/mol. The van der Waals surface area contributed by atoms with E-state index < -0.39 is 17.4 Å². The Kier molecular flexibility index (Phi) is 6.16. The topological polar surface area (TPSA) is 84.9 Å². The van der Waals surface area contributed by atoms with Crippen molar-refractivity contribution in [1.29, 1.82) is 0 Å². The summed E-state index contributed by atoms with van der Waals surface area (Å²) in [5, 5.41) is 12.4. The summed E-state index contributed by atoms with van der Waals surface area (Å²) in [6, 6.07) is 2.99. The van der Waals surface area contributed by atoms with Crippen molar-refractivity contribution in [3.63, 3.8) is 0 Å². The van der Waals surface area contributed by atoms with Crippen molar-refractivity contribution in [3.05, 3.63) is 22.7 Å². The zero-order valence-electron chi connectivity index (χ0n) is 14.7. The van der Waals surface area contributed by atoms with Gasteiger partial charge in [-0.2, -0.15) is 0 Å². The number of halogens is 1. The van der Waals surface area contributed by atoms with E-state index in [4.69, 9.17) is 21.1 Å². The minimum Gasteiger partial charge on any atom is -0.493 e. The molecule has 1 aliphatic rings. The van der Waals surface area contributed by atoms with Gasteiger partial charge >= 0.3 is 5.97 Å². The number of amides is 1. The zero-order chi connectivity index (χ0) is 18.6. The summed E-state index contributed by atoms with van der Waals surface area (Å²) in [7, 11) is 1.46. The van der Waals surface area contributed by atoms with Gasteiger partial charge in [-0.3, -0.25) is 4.79 Å². The average molecular weight is 370 g/mol. The molecule has 138 valence electrons. The van der Waals surface area contributed by atoms with Gasteiger partial charge in [-0.05, 0) is 30.9 Å². The zero-order valence-corrected chi connectivity index (χ0v) is 15.5. The fourth-order valence-corrected chi connectivity index (χ4v) is 3.17. The third-order valence-electron chi connectivity index (χ3n) is 4.27. The molecule has 0 aromatic heterocycles. The first-order valence-corrected chi connectivity index (χ1v) is 8.73. The molecule has 0 radical (unpaired) electrons. The quantitative estimate of drug-likeness (QED) is 0.768. The summed E-state index contributed by atoms with van der Waals surface area (Å²) in [6.45, 7) is 4.48. The summed E-state index contributed by atoms with van der Waals surface area (Å²) in [5.41, 5.74) is -0.963. The SMILES string of the molecule is COc1cc(C(=O)NC2(C(=O)O)CCCC2)cc(Cl)c1OCC(C)C. The van der Waals surface area contributed by atoms with Crippen LogP contribution in [0.15, 0.2) is 12.1 Å². The molecule has 0 saturated heterocycles. The molecule has 0 atom stereocenters. The standard InChI is InChI=1S/C18H24ClNO5/c1-11(2)10-25-15-13(19)8-12(9-14(15)24-3)16(21)20-18(17(22)23)6-4-5-7-18/h8-9,11H,4-7,10H2,1-3H3,(H,20,21)(H,22,23). The van der Waals surface area contributed by atoms with Gasteiger partial charge in [0.15, 0.2) is 11.5 Å². The number of aliphatic carboxylic acids is 1. The van der Waals surface area contributed by atoms with E-state index in [1.807, 2.05) is 13.8 Å². The van der Waals surface area contributed by atoms with Crippen LogP contribution in [0.1, 0.15) is 49.9 Å². The van der Waals surface area contributed by atoms with E-state index in [0.717, 1.165) is 12.8 Å². The Hall–Kier alpha value is -1.95. The van der Waals surface area contributed by atoms with E-state index in [1.54, 1.807) is 0 Å². The van der Waals surface area contributed by atoms with Gasteiger partial charge in [0.2, 0.25) is 0 Å². The summed E-state index contributed by atoms with van der Waals surface area (Å²) in [6.07, 6.45) is 2.40. The van der Waals surface area contributed by atoms with Crippen molar-refractivity contribution in [2.45, 2.75) is 45.1 Å². The Morgan fingerprint density at radius 2 is 1.96 bits per heavy atom. The van der Waals surface area contributed by atoms with Crippen LogP contribution in [0.5, 0.6) is 11.5 Å². The molecule has 1 amide bonds. The molecule has 0 unspecified atom stereocenters. The van der Waals surface area contributed by atoms with Gasteiger partial charge in [0.05, 0.1) is 18.7 Å². The second-order valence-electron chi connectivity index (χ2n) is 6.74. The molecule has 0 aliphatic heterocycles. The average Bonchev–Trinajstić information content (AvgIpc) is 3.02. The van der Waals surface area contributed by atoms with Gasteiger partial charge in [0.25, 0.3) is 5.91 Å². The first-order valence-electron chi connectivity index (χ1n) is 8.35. The molecule has 2 N–H and O–H groups in total. The predicted molar refractivity (Wildman–Crippen MR) is 94.6 cm³/mol. The maximum absolute atomic E-state index is 12.6. The molecule has 1 aliphatic carbocycles. The number of carboxylic acids is 1. The Morgan fingerprint density at radius 3 is 2.48 bits per heavy atom. The van der Waals surface area contributed by atoms with Crippen LogP contribution in [0.25, 0.3) is 0 Å². The highest BCUT2D eigenvalue weighted by molar-refractivity contribution is 6.32. The predicted octanol–water partition coefficient (Wildman–Crippen LogP) is 3.51. The smallest absolute Gasteiger partial charge is 0.329 e. The number of carbonyl (C=O) groups excluding carboxylic acids is 1. The first-order chi connectivity index (χ1) is 11.8. The lowest BCUT2D eigenvalue weighted by atomic mass is 9.97. The van der Waals surface area contributed by atoms with Gasteiger partial charge in [-0.1, -0.05) is 38.3 Å². The molecule has 0 heterocycles. The number of hydrogen-bond acceptors (Lipinski definition) is 4. The maximum atomic E-state index is 12.6. The maximum Gasteiger partial charge on any atom is 0.329 e. The number of nitrogens with one attached hydrogen (secondary N) is 1. The number of carbonyl (C=O) groups is 2. The third-order valence-corrected chi connectivity index (χ3v) is 4.55. The normalized spacial score (nSPS) is 15.9. The molecule has 0 bridgehead atoms. The van der Waals surface area contributed by atoms with E-state index in [1.165, 1.54) is 19.2 Å². The molecule has 7 heteroatoms. The van der Waals surface area contributed by atoms with Gasteiger partial charge in [-0.25, -0.2) is 4.79 Å². The highest BCUT2D eigenvalue weighted by Crippen LogP contribution is 2.37. The fourth-order valence-electron chi connectivity index (χ4n) is 2.90. The van der Waals surface area contributed by atoms with E-state index in [-0.39, 0.29) is 10.6 Å². The van der Waals surface area contributed by atoms with Crippen molar-refractivity contribution in [2.24, 2.45) is 5.92 Å². The van der Waals surface area contributed by atoms with E-state index in [2.05, 4.69) is 5.32 Å². The summed E-state index contributed by atoms with van der Waals surface area (Å²) >= 11 is 6.25. The number of rotatable bonds is 7. The molecule has 0 spiro atoms. The van der Waals surface area contributed by atoms with Crippen molar-refractivity contribution in [2.75, 3.05) is 13.7 Å². The molecule has 1 aromatic rings. The molecule has 25 heavy (non-hydrogen) atoms. The lowest BCUT2D eigenvalue weighted by Gasteiger charge is -2.25. The van der Waals surface area contributed by atoms with Gasteiger partial charge in [-0.15, -0.1) is 0 Å². The van der Waals surface area contributed by atoms with Crippen molar-refractivity contribution in [3.8, 4) is 11.5 Å². The third kappa shape index (κ3) is 4.37. The van der Waals surface area contributed by atoms with Crippen molar-refractivity contribution >= 4 is 23.5 Å². The summed E-state index contributed by atoms with van der Waals surface area (Å²) in [5.74, 6) is -0.466. The van der Waals surface area contributed by atoms with Crippen LogP contribution < -0.4 is 14.8 Å². The van der Waals surface area contributed by atoms with Crippen LogP contribution in [0.3, 0.4) is 0 Å². The lowest BCUT2D eigenvalue weighted by Crippen LogP contribution is -2.52. The molecule has 1 aromatic carbocycles. The largest absolute Gasteiger partial charge is 0.493 e. The lowest BCUT2D eigenvalue weighted by molar-refractivity contribution is -0.144. The molecule has 1 saturated carbocycles. The van der Waals surface area contributed by atoms with Crippen molar-refractivity contribution in [1.82, 2.24) is 5.32 Å². The monoisotopic (exact) mass is 369 g/mol. The van der Waals surface area contributed by atoms with Gasteiger partial charge in [0, 0.05) is 5.56 Å². The number of ether oxygens (including phenoxy) is 2. The Morgan fingerprint density at radius 1 is 1.32 bits per heavy atom. The minimum absolute atomic E-state index is 0.242. The van der Waals surface area contributed by atoms with Gasteiger partial charge in [0.1, 0.15) is 5.54 Å². The minimum atomic E-state index is -1.20. The molecule has 1 fully saturated rings. The second kappa shape index (κ2) is 7.95. The fraction of sp³-hybridized carbons (Fsp3) is 0.556. The van der Waals surface area contributed by atoms with Gasteiger partial charge < -0.3 is 19.9 Å². The summed E-state index contributed by atoms with van der Waals surface area (Å²) in [4.78, 5) is 24.2. The molecule has 6 nitrogen and oxygen atoms in total. The number of hydrogen-bond donors (Lipinski definition) is 2. The summed E-state index contributed by atoms with van der Waals surface area (Å²) < 4.78 is 10.9. The number of carboxylic acid groups (broad SMARTS) is 1. The van der Waals surface area contributed by atoms with Crippen LogP contribution in [-0.2, 0) is 4.79 Å². The molecular formula is C18H24ClNO5. The highest BCUT2D eigenvalue weighted by Gasteiger charge is 2.42. The van der Waals surface area contributed by atoms with Crippen LogP contribution in [0, 0.1) is 5.92 Å². The number of methoxy groups -OCH3 is 1. The number of benzene rings is 1. The van der Waals surface area contributed by atoms with Crippen LogP contribution in [0.4, 0.5) is 0 Å². The van der Waals surface area contributed by atoms with Crippen LogP contribution in [-0.4, -0.2) is 36.2 Å². The van der Waals surface area contributed by atoms with Crippen LogP contribution in [0.2, 0.25) is 5.02 Å². The Labute approximate surface area is 152 Å². The van der Waals surface area contributed by atoms with Crippen LogP contribution >= 0.6 is 11.6 Å². The molecule has 2 rings (SSSR count). The van der Waals surface area contributed by atoms with E-state index in [0.29, 0.717) is 36.9 Å². The Balaban J connectivity index is 2.25. The van der Waals surface area contributed by atoms with E-state index >= 15 is 0 Å².